The van der Waals surface area contributed by atoms with Gasteiger partial charge in [0.25, 0.3) is 0 Å². The number of anilines is 1. The van der Waals surface area contributed by atoms with Crippen LogP contribution in [0.3, 0.4) is 0 Å². The summed E-state index contributed by atoms with van der Waals surface area (Å²) in [7, 11) is 0. The molecule has 1 aromatic heterocycles. The van der Waals surface area contributed by atoms with E-state index in [4.69, 9.17) is 16.7 Å². The second-order valence-corrected chi connectivity index (χ2v) is 2.70. The minimum Gasteiger partial charge on any atom is -0.481 e. The summed E-state index contributed by atoms with van der Waals surface area (Å²) in [5.74, 6) is -0.333. The van der Waals surface area contributed by atoms with E-state index in [9.17, 15) is 4.79 Å². The van der Waals surface area contributed by atoms with Crippen LogP contribution < -0.4 is 5.32 Å². The Kier molecular flexibility index (Phi) is 3.45. The Labute approximate surface area is 79.7 Å². The Morgan fingerprint density at radius 2 is 2.31 bits per heavy atom. The lowest BCUT2D eigenvalue weighted by atomic mass is 10.4. The van der Waals surface area contributed by atoms with Gasteiger partial charge in [0.05, 0.1) is 6.42 Å². The van der Waals surface area contributed by atoms with Crippen molar-refractivity contribution in [3.05, 3.63) is 17.3 Å². The predicted octanol–water partition coefficient (Wildman–Crippen LogP) is 1.02. The van der Waals surface area contributed by atoms with Crippen LogP contribution in [0, 0.1) is 0 Å². The molecule has 0 unspecified atom stereocenters. The third-order valence-electron chi connectivity index (χ3n) is 1.28. The number of nitrogens with zero attached hydrogens (tertiary/aromatic N) is 2. The number of aromatic nitrogens is 2. The molecule has 0 aliphatic carbocycles. The first-order chi connectivity index (χ1) is 6.18. The van der Waals surface area contributed by atoms with E-state index in [0.717, 1.165) is 0 Å². The summed E-state index contributed by atoms with van der Waals surface area (Å²) in [4.78, 5) is 10.1. The molecule has 0 radical (unpaired) electrons. The van der Waals surface area contributed by atoms with E-state index >= 15 is 0 Å². The van der Waals surface area contributed by atoms with Crippen molar-refractivity contribution < 1.29 is 9.90 Å². The standard InChI is InChI=1S/C7H8ClN3O2/c8-5-1-2-6(11-10-5)9-4-3-7(12)13/h1-2H,3-4H2,(H,9,11)(H,12,13). The topological polar surface area (TPSA) is 75.1 Å². The van der Waals surface area contributed by atoms with Crippen LogP contribution in [-0.2, 0) is 4.79 Å². The van der Waals surface area contributed by atoms with Gasteiger partial charge in [0.1, 0.15) is 5.82 Å². The molecule has 0 bridgehead atoms. The fourth-order valence-corrected chi connectivity index (χ4v) is 0.809. The zero-order valence-electron chi connectivity index (χ0n) is 6.70. The van der Waals surface area contributed by atoms with Gasteiger partial charge in [-0.05, 0) is 12.1 Å². The maximum atomic E-state index is 10.1. The molecule has 0 spiro atoms. The second-order valence-electron chi connectivity index (χ2n) is 2.31. The molecule has 6 heteroatoms. The third kappa shape index (κ3) is 3.71. The van der Waals surface area contributed by atoms with Crippen LogP contribution in [0.25, 0.3) is 0 Å². The SMILES string of the molecule is O=C(O)CCNc1ccc(Cl)nn1. The molecule has 70 valence electrons. The molecule has 13 heavy (non-hydrogen) atoms. The molecule has 0 aliphatic heterocycles. The number of aliphatic carboxylic acids is 1. The van der Waals surface area contributed by atoms with E-state index in [1.165, 1.54) is 0 Å². The molecule has 0 saturated heterocycles. The van der Waals surface area contributed by atoms with Gasteiger partial charge in [-0.1, -0.05) is 11.6 Å². The van der Waals surface area contributed by atoms with E-state index in [1.54, 1.807) is 12.1 Å². The van der Waals surface area contributed by atoms with Crippen molar-refractivity contribution >= 4 is 23.4 Å². The lowest BCUT2D eigenvalue weighted by Crippen LogP contribution is -2.08. The number of hydrogen-bond acceptors (Lipinski definition) is 4. The Hall–Kier alpha value is -1.36. The van der Waals surface area contributed by atoms with Crippen molar-refractivity contribution in [2.24, 2.45) is 0 Å². The minimum atomic E-state index is -0.852. The normalized spacial score (nSPS) is 9.62. The van der Waals surface area contributed by atoms with E-state index in [2.05, 4.69) is 15.5 Å². The lowest BCUT2D eigenvalue weighted by Gasteiger charge is -2.01. The number of hydrogen-bond donors (Lipinski definition) is 2. The summed E-state index contributed by atoms with van der Waals surface area (Å²) in [6.45, 7) is 0.325. The van der Waals surface area contributed by atoms with Crippen molar-refractivity contribution in [1.82, 2.24) is 10.2 Å². The van der Waals surface area contributed by atoms with Gasteiger partial charge in [0, 0.05) is 6.54 Å². The fourth-order valence-electron chi connectivity index (χ4n) is 0.708. The number of rotatable bonds is 4. The van der Waals surface area contributed by atoms with Gasteiger partial charge in [-0.3, -0.25) is 4.79 Å². The molecule has 0 aliphatic rings. The number of halogens is 1. The zero-order chi connectivity index (χ0) is 9.68. The average Bonchev–Trinajstić information content (AvgIpc) is 2.08. The van der Waals surface area contributed by atoms with Crippen molar-refractivity contribution in [3.8, 4) is 0 Å². The lowest BCUT2D eigenvalue weighted by molar-refractivity contribution is -0.136. The van der Waals surface area contributed by atoms with Crippen molar-refractivity contribution in [2.45, 2.75) is 6.42 Å². The summed E-state index contributed by atoms with van der Waals surface area (Å²) < 4.78 is 0. The Morgan fingerprint density at radius 3 is 2.85 bits per heavy atom. The van der Waals surface area contributed by atoms with Crippen LogP contribution in [0.2, 0.25) is 5.15 Å². The summed E-state index contributed by atoms with van der Waals surface area (Å²) in [6, 6.07) is 3.22. The van der Waals surface area contributed by atoms with Crippen LogP contribution in [-0.4, -0.2) is 27.8 Å². The van der Waals surface area contributed by atoms with Crippen molar-refractivity contribution in [2.75, 3.05) is 11.9 Å². The highest BCUT2D eigenvalue weighted by Crippen LogP contribution is 2.05. The molecule has 0 fully saturated rings. The van der Waals surface area contributed by atoms with Gasteiger partial charge >= 0.3 is 5.97 Å². The van der Waals surface area contributed by atoms with E-state index in [1.807, 2.05) is 0 Å². The first kappa shape index (κ1) is 9.73. The van der Waals surface area contributed by atoms with E-state index in [-0.39, 0.29) is 6.42 Å². The first-order valence-corrected chi connectivity index (χ1v) is 4.01. The maximum absolute atomic E-state index is 10.1. The molecule has 0 atom stereocenters. The zero-order valence-corrected chi connectivity index (χ0v) is 7.45. The largest absolute Gasteiger partial charge is 0.481 e. The van der Waals surface area contributed by atoms with Crippen LogP contribution in [0.1, 0.15) is 6.42 Å². The van der Waals surface area contributed by atoms with Gasteiger partial charge in [0.15, 0.2) is 5.15 Å². The van der Waals surface area contributed by atoms with Gasteiger partial charge in [-0.2, -0.15) is 0 Å². The monoisotopic (exact) mass is 201 g/mol. The molecule has 0 amide bonds. The number of nitrogens with one attached hydrogen (secondary N) is 1. The third-order valence-corrected chi connectivity index (χ3v) is 1.48. The van der Waals surface area contributed by atoms with E-state index < -0.39 is 5.97 Å². The highest BCUT2D eigenvalue weighted by atomic mass is 35.5. The summed E-state index contributed by atoms with van der Waals surface area (Å²) in [5.41, 5.74) is 0. The molecule has 0 saturated carbocycles. The molecule has 1 heterocycles. The summed E-state index contributed by atoms with van der Waals surface area (Å²) in [6.07, 6.45) is 0.0459. The van der Waals surface area contributed by atoms with Gasteiger partial charge in [0.2, 0.25) is 0 Å². The Morgan fingerprint density at radius 1 is 1.54 bits per heavy atom. The molecule has 1 rings (SSSR count). The van der Waals surface area contributed by atoms with Crippen LogP contribution in [0.4, 0.5) is 5.82 Å². The average molecular weight is 202 g/mol. The molecule has 1 aromatic rings. The Bertz CT molecular complexity index is 288. The Balaban J connectivity index is 2.37. The first-order valence-electron chi connectivity index (χ1n) is 3.63. The smallest absolute Gasteiger partial charge is 0.305 e. The number of carboxylic acid groups (broad SMARTS) is 1. The number of carboxylic acids is 1. The summed E-state index contributed by atoms with van der Waals surface area (Å²) >= 11 is 5.50. The molecule has 2 N–H and O–H groups in total. The maximum Gasteiger partial charge on any atom is 0.305 e. The highest BCUT2D eigenvalue weighted by molar-refractivity contribution is 6.29. The molecular formula is C7H8ClN3O2. The van der Waals surface area contributed by atoms with Crippen LogP contribution >= 0.6 is 11.6 Å². The predicted molar refractivity (Wildman–Crippen MR) is 47.8 cm³/mol. The van der Waals surface area contributed by atoms with Crippen LogP contribution in [0.5, 0.6) is 0 Å². The van der Waals surface area contributed by atoms with Crippen molar-refractivity contribution in [1.29, 1.82) is 0 Å². The fraction of sp³-hybridized carbons (Fsp3) is 0.286. The van der Waals surface area contributed by atoms with E-state index in [0.29, 0.717) is 17.5 Å². The quantitative estimate of drug-likeness (QED) is 0.761. The minimum absolute atomic E-state index is 0.0459. The van der Waals surface area contributed by atoms with Gasteiger partial charge in [-0.25, -0.2) is 0 Å². The highest BCUT2D eigenvalue weighted by Gasteiger charge is 1.97. The van der Waals surface area contributed by atoms with Crippen LogP contribution in [0.15, 0.2) is 12.1 Å². The van der Waals surface area contributed by atoms with Gasteiger partial charge in [-0.15, -0.1) is 10.2 Å². The van der Waals surface area contributed by atoms with Crippen molar-refractivity contribution in [3.63, 3.8) is 0 Å². The number of carbonyl (C=O) groups is 1. The molecule has 0 aromatic carbocycles. The second kappa shape index (κ2) is 4.61. The molecule has 5 nitrogen and oxygen atoms in total. The summed E-state index contributed by atoms with van der Waals surface area (Å²) in [5, 5.41) is 18.7. The molecular weight excluding hydrogens is 194 g/mol. The van der Waals surface area contributed by atoms with Gasteiger partial charge < -0.3 is 10.4 Å².